The van der Waals surface area contributed by atoms with E-state index in [1.165, 1.54) is 13.2 Å². The van der Waals surface area contributed by atoms with Gasteiger partial charge in [-0.2, -0.15) is 0 Å². The fourth-order valence-corrected chi connectivity index (χ4v) is 2.65. The van der Waals surface area contributed by atoms with E-state index in [0.717, 1.165) is 12.0 Å². The first kappa shape index (κ1) is 16.6. The Bertz CT molecular complexity index is 1070. The van der Waals surface area contributed by atoms with Crippen LogP contribution in [0.2, 0.25) is 0 Å². The standard InChI is InChI=1S/C18H15NO6/c1-3-9-4-5-14-11(6-9)16(22)12-7-10(18(23)24-2)13(8-15(20)21)19-17(12)25-14/h4-7H,3,8H2,1-2H3,(H,20,21). The molecule has 25 heavy (non-hydrogen) atoms. The number of ether oxygens (including phenoxy) is 1. The van der Waals surface area contributed by atoms with Crippen LogP contribution < -0.4 is 5.43 Å². The van der Waals surface area contributed by atoms with Gasteiger partial charge in [-0.3, -0.25) is 9.59 Å². The molecule has 0 radical (unpaired) electrons. The predicted molar refractivity (Wildman–Crippen MR) is 89.8 cm³/mol. The fraction of sp³-hybridized carbons (Fsp3) is 0.222. The van der Waals surface area contributed by atoms with Crippen molar-refractivity contribution in [2.75, 3.05) is 7.11 Å². The van der Waals surface area contributed by atoms with Gasteiger partial charge < -0.3 is 14.3 Å². The Labute approximate surface area is 141 Å². The average molecular weight is 341 g/mol. The van der Waals surface area contributed by atoms with E-state index in [9.17, 15) is 14.4 Å². The molecule has 0 amide bonds. The monoisotopic (exact) mass is 341 g/mol. The zero-order chi connectivity index (χ0) is 18.1. The highest BCUT2D eigenvalue weighted by molar-refractivity contribution is 5.97. The Morgan fingerprint density at radius 2 is 2.00 bits per heavy atom. The van der Waals surface area contributed by atoms with Crippen LogP contribution in [0.15, 0.2) is 33.5 Å². The highest BCUT2D eigenvalue weighted by atomic mass is 16.5. The minimum absolute atomic E-state index is 0.00866. The van der Waals surface area contributed by atoms with Crippen molar-refractivity contribution < 1.29 is 23.8 Å². The number of carboxylic acids is 1. The van der Waals surface area contributed by atoms with Gasteiger partial charge in [-0.1, -0.05) is 13.0 Å². The van der Waals surface area contributed by atoms with E-state index in [4.69, 9.17) is 9.52 Å². The van der Waals surface area contributed by atoms with Gasteiger partial charge in [-0.05, 0) is 30.2 Å². The summed E-state index contributed by atoms with van der Waals surface area (Å²) in [6, 6.07) is 6.56. The summed E-state index contributed by atoms with van der Waals surface area (Å²) in [7, 11) is 1.17. The summed E-state index contributed by atoms with van der Waals surface area (Å²) in [5.74, 6) is -1.92. The Morgan fingerprint density at radius 3 is 2.64 bits per heavy atom. The summed E-state index contributed by atoms with van der Waals surface area (Å²) in [6.45, 7) is 1.97. The van der Waals surface area contributed by atoms with Crippen molar-refractivity contribution in [1.82, 2.24) is 4.98 Å². The van der Waals surface area contributed by atoms with Crippen molar-refractivity contribution >= 4 is 34.0 Å². The third-order valence-corrected chi connectivity index (χ3v) is 3.94. The first-order chi connectivity index (χ1) is 11.9. The summed E-state index contributed by atoms with van der Waals surface area (Å²) < 4.78 is 10.3. The van der Waals surface area contributed by atoms with Gasteiger partial charge in [0.1, 0.15) is 5.58 Å². The Morgan fingerprint density at radius 1 is 1.24 bits per heavy atom. The first-order valence-corrected chi connectivity index (χ1v) is 7.64. The minimum atomic E-state index is -1.16. The number of carboxylic acid groups (broad SMARTS) is 1. The Hall–Kier alpha value is -3.22. The van der Waals surface area contributed by atoms with E-state index < -0.39 is 18.4 Å². The molecule has 0 aliphatic carbocycles. The lowest BCUT2D eigenvalue weighted by atomic mass is 10.1. The van der Waals surface area contributed by atoms with Crippen molar-refractivity contribution in [3.05, 3.63) is 51.3 Å². The van der Waals surface area contributed by atoms with E-state index in [1.807, 2.05) is 13.0 Å². The molecule has 128 valence electrons. The molecule has 0 bridgehead atoms. The fourth-order valence-electron chi connectivity index (χ4n) is 2.65. The van der Waals surface area contributed by atoms with Gasteiger partial charge >= 0.3 is 11.9 Å². The molecule has 1 aromatic carbocycles. The molecule has 0 fully saturated rings. The molecule has 0 aliphatic heterocycles. The van der Waals surface area contributed by atoms with Crippen molar-refractivity contribution in [1.29, 1.82) is 0 Å². The number of methoxy groups -OCH3 is 1. The van der Waals surface area contributed by atoms with E-state index in [1.54, 1.807) is 12.1 Å². The smallest absolute Gasteiger partial charge is 0.339 e. The minimum Gasteiger partial charge on any atom is -0.481 e. The van der Waals surface area contributed by atoms with Crippen LogP contribution in [0.5, 0.6) is 0 Å². The third kappa shape index (κ3) is 2.96. The maximum atomic E-state index is 12.8. The zero-order valence-corrected chi connectivity index (χ0v) is 13.7. The lowest BCUT2D eigenvalue weighted by molar-refractivity contribution is -0.136. The topological polar surface area (TPSA) is 107 Å². The number of carbonyl (C=O) groups excluding carboxylic acids is 1. The van der Waals surface area contributed by atoms with Gasteiger partial charge in [0.25, 0.3) is 0 Å². The van der Waals surface area contributed by atoms with Crippen LogP contribution in [0, 0.1) is 0 Å². The largest absolute Gasteiger partial charge is 0.481 e. The van der Waals surface area contributed by atoms with Crippen LogP contribution in [-0.2, 0) is 22.4 Å². The highest BCUT2D eigenvalue weighted by Crippen LogP contribution is 2.22. The molecule has 3 aromatic rings. The van der Waals surface area contributed by atoms with Crippen LogP contribution in [0.25, 0.3) is 22.1 Å². The van der Waals surface area contributed by atoms with E-state index in [2.05, 4.69) is 9.72 Å². The number of carbonyl (C=O) groups is 2. The molecule has 7 nitrogen and oxygen atoms in total. The second-order valence-corrected chi connectivity index (χ2v) is 5.51. The number of aromatic nitrogens is 1. The second-order valence-electron chi connectivity index (χ2n) is 5.51. The molecule has 2 aromatic heterocycles. The van der Waals surface area contributed by atoms with Crippen LogP contribution in [0.1, 0.15) is 28.5 Å². The molecule has 0 unspecified atom stereocenters. The van der Waals surface area contributed by atoms with Crippen molar-refractivity contribution in [3.8, 4) is 0 Å². The van der Waals surface area contributed by atoms with Gasteiger partial charge in [0.15, 0.2) is 0 Å². The summed E-state index contributed by atoms with van der Waals surface area (Å²) in [5, 5.41) is 9.51. The van der Waals surface area contributed by atoms with Gasteiger partial charge in [0.2, 0.25) is 11.1 Å². The molecular formula is C18H15NO6. The quantitative estimate of drug-likeness (QED) is 0.573. The van der Waals surface area contributed by atoms with Crippen molar-refractivity contribution in [2.24, 2.45) is 0 Å². The second kappa shape index (κ2) is 6.35. The summed E-state index contributed by atoms with van der Waals surface area (Å²) in [4.78, 5) is 39.9. The number of aliphatic carboxylic acids is 1. The molecule has 0 spiro atoms. The summed E-state index contributed by atoms with van der Waals surface area (Å²) >= 11 is 0. The zero-order valence-electron chi connectivity index (χ0n) is 13.7. The van der Waals surface area contributed by atoms with E-state index in [0.29, 0.717) is 11.0 Å². The molecule has 0 atom stereocenters. The van der Waals surface area contributed by atoms with E-state index in [-0.39, 0.29) is 27.8 Å². The Balaban J connectivity index is 2.37. The molecule has 0 aliphatic rings. The number of hydrogen-bond donors (Lipinski definition) is 1. The molecule has 0 saturated carbocycles. The molecule has 3 rings (SSSR count). The number of fused-ring (bicyclic) bond motifs is 2. The molecule has 0 saturated heterocycles. The normalized spacial score (nSPS) is 11.0. The lowest BCUT2D eigenvalue weighted by Crippen LogP contribution is -2.14. The van der Waals surface area contributed by atoms with Gasteiger partial charge in [0, 0.05) is 0 Å². The number of nitrogens with zero attached hydrogens (tertiary/aromatic N) is 1. The number of benzene rings is 1. The summed E-state index contributed by atoms with van der Waals surface area (Å²) in [5.41, 5.74) is 0.920. The predicted octanol–water partition coefficient (Wildman–Crippen LogP) is 2.32. The summed E-state index contributed by atoms with van der Waals surface area (Å²) in [6.07, 6.45) is 0.271. The average Bonchev–Trinajstić information content (AvgIpc) is 2.60. The van der Waals surface area contributed by atoms with Crippen LogP contribution in [0.4, 0.5) is 0 Å². The van der Waals surface area contributed by atoms with E-state index >= 15 is 0 Å². The number of rotatable bonds is 4. The number of pyridine rings is 1. The maximum absolute atomic E-state index is 12.8. The molecule has 1 N–H and O–H groups in total. The molecular weight excluding hydrogens is 326 g/mol. The van der Waals surface area contributed by atoms with Gasteiger partial charge in [-0.25, -0.2) is 9.78 Å². The number of esters is 1. The first-order valence-electron chi connectivity index (χ1n) is 7.64. The highest BCUT2D eigenvalue weighted by Gasteiger charge is 2.20. The van der Waals surface area contributed by atoms with Crippen molar-refractivity contribution in [3.63, 3.8) is 0 Å². The molecule has 2 heterocycles. The van der Waals surface area contributed by atoms with Crippen molar-refractivity contribution in [2.45, 2.75) is 19.8 Å². The van der Waals surface area contributed by atoms with Gasteiger partial charge in [-0.15, -0.1) is 0 Å². The van der Waals surface area contributed by atoms with Gasteiger partial charge in [0.05, 0.1) is 35.6 Å². The number of aryl methyl sites for hydroxylation is 1. The lowest BCUT2D eigenvalue weighted by Gasteiger charge is -2.08. The van der Waals surface area contributed by atoms with Crippen LogP contribution in [-0.4, -0.2) is 29.1 Å². The van der Waals surface area contributed by atoms with Crippen LogP contribution in [0.3, 0.4) is 0 Å². The third-order valence-electron chi connectivity index (χ3n) is 3.94. The Kier molecular flexibility index (Phi) is 4.22. The number of hydrogen-bond acceptors (Lipinski definition) is 6. The molecule has 7 heteroatoms. The maximum Gasteiger partial charge on any atom is 0.339 e. The van der Waals surface area contributed by atoms with Crippen LogP contribution >= 0.6 is 0 Å². The SMILES string of the molecule is CCc1ccc2oc3nc(CC(=O)O)c(C(=O)OC)cc3c(=O)c2c1.